The number of furan rings is 1. The van der Waals surface area contributed by atoms with Crippen molar-refractivity contribution in [3.8, 4) is 11.7 Å². The van der Waals surface area contributed by atoms with Crippen LogP contribution in [0.2, 0.25) is 0 Å². The highest BCUT2D eigenvalue weighted by Crippen LogP contribution is 2.27. The van der Waals surface area contributed by atoms with Gasteiger partial charge in [0.05, 0.1) is 4.92 Å². The largest absolute Gasteiger partial charge is 0.456 e. The molecule has 0 aliphatic heterocycles. The number of benzene rings is 1. The second-order valence-electron chi connectivity index (χ2n) is 3.84. The maximum atomic E-state index is 10.7. The maximum Gasteiger partial charge on any atom is 0.271 e. The molecule has 0 saturated carbocycles. The Labute approximate surface area is 101 Å². The van der Waals surface area contributed by atoms with Gasteiger partial charge in [0.15, 0.2) is 11.3 Å². The minimum Gasteiger partial charge on any atom is -0.456 e. The zero-order chi connectivity index (χ0) is 12.7. The summed E-state index contributed by atoms with van der Waals surface area (Å²) in [6, 6.07) is 7.82. The summed E-state index contributed by atoms with van der Waals surface area (Å²) in [7, 11) is 0. The van der Waals surface area contributed by atoms with Crippen molar-refractivity contribution in [2.75, 3.05) is 0 Å². The normalized spacial score (nSPS) is 10.9. The summed E-state index contributed by atoms with van der Waals surface area (Å²) in [4.78, 5) is 14.4. The number of rotatable bonds is 2. The van der Waals surface area contributed by atoms with E-state index in [0.29, 0.717) is 22.8 Å². The van der Waals surface area contributed by atoms with Crippen LogP contribution < -0.4 is 0 Å². The Morgan fingerprint density at radius 2 is 2.06 bits per heavy atom. The van der Waals surface area contributed by atoms with Gasteiger partial charge in [-0.15, -0.1) is 0 Å². The SMILES string of the molecule is Cc1ccc(-c2nc3cc([N+](=O)[O-])ccc3o2)o1. The molecule has 1 aromatic carbocycles. The van der Waals surface area contributed by atoms with Crippen LogP contribution in [-0.2, 0) is 0 Å². The molecule has 0 N–H and O–H groups in total. The fourth-order valence-corrected chi connectivity index (χ4v) is 1.68. The first-order valence-electron chi connectivity index (χ1n) is 5.25. The molecule has 0 amide bonds. The number of aryl methyl sites for hydroxylation is 1. The van der Waals surface area contributed by atoms with Gasteiger partial charge in [-0.3, -0.25) is 10.1 Å². The number of non-ortho nitro benzene ring substituents is 1. The number of oxazole rings is 1. The van der Waals surface area contributed by atoms with E-state index in [-0.39, 0.29) is 5.69 Å². The first kappa shape index (κ1) is 10.5. The molecule has 0 spiro atoms. The zero-order valence-electron chi connectivity index (χ0n) is 9.41. The van der Waals surface area contributed by atoms with Gasteiger partial charge in [0.25, 0.3) is 11.6 Å². The molecule has 2 aromatic heterocycles. The van der Waals surface area contributed by atoms with E-state index in [2.05, 4.69) is 4.98 Å². The number of nitro groups is 1. The average molecular weight is 244 g/mol. The van der Waals surface area contributed by atoms with Gasteiger partial charge in [-0.2, -0.15) is 0 Å². The van der Waals surface area contributed by atoms with E-state index in [1.54, 1.807) is 12.1 Å². The van der Waals surface area contributed by atoms with Crippen molar-refractivity contribution in [2.24, 2.45) is 0 Å². The van der Waals surface area contributed by atoms with Crippen molar-refractivity contribution >= 4 is 16.8 Å². The van der Waals surface area contributed by atoms with E-state index in [0.717, 1.165) is 5.76 Å². The molecule has 0 aliphatic carbocycles. The maximum absolute atomic E-state index is 10.7. The quantitative estimate of drug-likeness (QED) is 0.510. The Balaban J connectivity index is 2.13. The van der Waals surface area contributed by atoms with Crippen molar-refractivity contribution < 1.29 is 13.8 Å². The zero-order valence-corrected chi connectivity index (χ0v) is 9.41. The summed E-state index contributed by atoms with van der Waals surface area (Å²) < 4.78 is 10.9. The van der Waals surface area contributed by atoms with Crippen LogP contribution in [0.1, 0.15) is 5.76 Å². The minimum absolute atomic E-state index is 0.0158. The van der Waals surface area contributed by atoms with Gasteiger partial charge >= 0.3 is 0 Å². The second kappa shape index (κ2) is 3.69. The molecular formula is C12H8N2O4. The molecule has 2 heterocycles. The van der Waals surface area contributed by atoms with Crippen molar-refractivity contribution in [3.63, 3.8) is 0 Å². The summed E-state index contributed by atoms with van der Waals surface area (Å²) in [5, 5.41) is 10.7. The third-order valence-corrected chi connectivity index (χ3v) is 2.53. The molecule has 18 heavy (non-hydrogen) atoms. The smallest absolute Gasteiger partial charge is 0.271 e. The van der Waals surface area contributed by atoms with E-state index in [1.165, 1.54) is 18.2 Å². The van der Waals surface area contributed by atoms with Gasteiger partial charge < -0.3 is 8.83 Å². The van der Waals surface area contributed by atoms with E-state index in [9.17, 15) is 10.1 Å². The Morgan fingerprint density at radius 3 is 2.72 bits per heavy atom. The highest BCUT2D eigenvalue weighted by atomic mass is 16.6. The average Bonchev–Trinajstić information content (AvgIpc) is 2.93. The van der Waals surface area contributed by atoms with Crippen LogP contribution in [0.15, 0.2) is 39.2 Å². The number of fused-ring (bicyclic) bond motifs is 1. The summed E-state index contributed by atoms with van der Waals surface area (Å²) in [6.45, 7) is 1.82. The molecule has 0 radical (unpaired) electrons. The predicted molar refractivity (Wildman–Crippen MR) is 63.1 cm³/mol. The lowest BCUT2D eigenvalue weighted by atomic mass is 10.3. The molecule has 0 unspecified atom stereocenters. The number of aromatic nitrogens is 1. The molecule has 0 atom stereocenters. The topological polar surface area (TPSA) is 82.3 Å². The molecule has 6 nitrogen and oxygen atoms in total. The lowest BCUT2D eigenvalue weighted by molar-refractivity contribution is -0.384. The summed E-state index contributed by atoms with van der Waals surface area (Å²) >= 11 is 0. The number of hydrogen-bond donors (Lipinski definition) is 0. The standard InChI is InChI=1S/C12H8N2O4/c1-7-2-4-11(17-7)12-13-9-6-8(14(15)16)3-5-10(9)18-12/h2-6H,1H3. The predicted octanol–water partition coefficient (Wildman–Crippen LogP) is 3.30. The Hall–Kier alpha value is -2.63. The molecule has 3 aromatic rings. The number of hydrogen-bond acceptors (Lipinski definition) is 5. The minimum atomic E-state index is -0.467. The van der Waals surface area contributed by atoms with Gasteiger partial charge in [-0.05, 0) is 25.1 Å². The molecule has 3 rings (SSSR count). The van der Waals surface area contributed by atoms with Crippen molar-refractivity contribution in [2.45, 2.75) is 6.92 Å². The van der Waals surface area contributed by atoms with Crippen LogP contribution in [-0.4, -0.2) is 9.91 Å². The fourth-order valence-electron chi connectivity index (χ4n) is 1.68. The molecule has 0 bridgehead atoms. The van der Waals surface area contributed by atoms with Crippen LogP contribution >= 0.6 is 0 Å². The van der Waals surface area contributed by atoms with Gasteiger partial charge in [0.1, 0.15) is 11.3 Å². The van der Waals surface area contributed by atoms with Crippen molar-refractivity contribution in [1.29, 1.82) is 0 Å². The highest BCUT2D eigenvalue weighted by Gasteiger charge is 2.14. The van der Waals surface area contributed by atoms with E-state index >= 15 is 0 Å². The third-order valence-electron chi connectivity index (χ3n) is 2.53. The molecule has 90 valence electrons. The molecule has 0 fully saturated rings. The van der Waals surface area contributed by atoms with Gasteiger partial charge in [0, 0.05) is 12.1 Å². The van der Waals surface area contributed by atoms with Crippen LogP contribution in [0, 0.1) is 17.0 Å². The third kappa shape index (κ3) is 1.64. The molecule has 6 heteroatoms. The van der Waals surface area contributed by atoms with Gasteiger partial charge in [-0.25, -0.2) is 4.98 Å². The van der Waals surface area contributed by atoms with Crippen molar-refractivity contribution in [1.82, 2.24) is 4.98 Å². The van der Waals surface area contributed by atoms with Gasteiger partial charge in [0.2, 0.25) is 0 Å². The van der Waals surface area contributed by atoms with Crippen LogP contribution in [0.5, 0.6) is 0 Å². The lowest BCUT2D eigenvalue weighted by Crippen LogP contribution is -1.86. The monoisotopic (exact) mass is 244 g/mol. The van der Waals surface area contributed by atoms with E-state index in [4.69, 9.17) is 8.83 Å². The first-order valence-corrected chi connectivity index (χ1v) is 5.25. The Bertz CT molecular complexity index is 741. The van der Waals surface area contributed by atoms with E-state index in [1.807, 2.05) is 6.92 Å². The Kier molecular flexibility index (Phi) is 2.16. The summed E-state index contributed by atoms with van der Waals surface area (Å²) in [5.74, 6) is 1.57. The first-order chi connectivity index (χ1) is 8.63. The van der Waals surface area contributed by atoms with Crippen LogP contribution in [0.4, 0.5) is 5.69 Å². The molecular weight excluding hydrogens is 236 g/mol. The lowest BCUT2D eigenvalue weighted by Gasteiger charge is -1.88. The van der Waals surface area contributed by atoms with Crippen LogP contribution in [0.25, 0.3) is 22.8 Å². The summed E-state index contributed by atoms with van der Waals surface area (Å²) in [5.41, 5.74) is 0.913. The van der Waals surface area contributed by atoms with Gasteiger partial charge in [-0.1, -0.05) is 0 Å². The van der Waals surface area contributed by atoms with E-state index < -0.39 is 4.92 Å². The Morgan fingerprint density at radius 1 is 1.22 bits per heavy atom. The van der Waals surface area contributed by atoms with Crippen molar-refractivity contribution in [3.05, 3.63) is 46.2 Å². The highest BCUT2D eigenvalue weighted by molar-refractivity contribution is 5.77. The molecule has 0 aliphatic rings. The fraction of sp³-hybridized carbons (Fsp3) is 0.0833. The summed E-state index contributed by atoms with van der Waals surface area (Å²) in [6.07, 6.45) is 0. The number of nitro benzene ring substituents is 1. The molecule has 0 saturated heterocycles. The number of nitrogens with zero attached hydrogens (tertiary/aromatic N) is 2. The van der Waals surface area contributed by atoms with Crippen LogP contribution in [0.3, 0.4) is 0 Å². The second-order valence-corrected chi connectivity index (χ2v) is 3.84.